The highest BCUT2D eigenvalue weighted by atomic mass is 16.7. The highest BCUT2D eigenvalue weighted by molar-refractivity contribution is 6.62. The van der Waals surface area contributed by atoms with Crippen LogP contribution in [0.2, 0.25) is 0 Å². The zero-order chi connectivity index (χ0) is 21.6. The van der Waals surface area contributed by atoms with E-state index in [2.05, 4.69) is 88.4 Å². The lowest BCUT2D eigenvalue weighted by atomic mass is 9.78. The van der Waals surface area contributed by atoms with Crippen LogP contribution >= 0.6 is 0 Å². The Balaban J connectivity index is 1.55. The molecule has 0 bridgehead atoms. The molecule has 3 nitrogen and oxygen atoms in total. The van der Waals surface area contributed by atoms with Crippen LogP contribution < -0.4 is 5.46 Å². The highest BCUT2D eigenvalue weighted by Crippen LogP contribution is 2.37. The Bertz CT molecular complexity index is 1220. The Hall–Kier alpha value is -2.95. The summed E-state index contributed by atoms with van der Waals surface area (Å²) in [6.45, 7) is 8.32. The molecular weight excluding hydrogens is 381 g/mol. The van der Waals surface area contributed by atoms with Crippen molar-refractivity contribution in [2.75, 3.05) is 0 Å². The van der Waals surface area contributed by atoms with Crippen LogP contribution in [0.15, 0.2) is 84.9 Å². The summed E-state index contributed by atoms with van der Waals surface area (Å²) in [5.74, 6) is 0. The summed E-state index contributed by atoms with van der Waals surface area (Å²) in [7, 11) is -0.354. The topological polar surface area (TPSA) is 31.4 Å². The molecule has 2 heterocycles. The van der Waals surface area contributed by atoms with E-state index in [1.54, 1.807) is 0 Å². The lowest BCUT2D eigenvalue weighted by Gasteiger charge is -2.32. The third kappa shape index (κ3) is 3.56. The number of benzene rings is 3. The number of hydrogen-bond acceptors (Lipinski definition) is 3. The van der Waals surface area contributed by atoms with Crippen molar-refractivity contribution in [2.45, 2.75) is 38.9 Å². The smallest absolute Gasteiger partial charge is 0.399 e. The van der Waals surface area contributed by atoms with Crippen LogP contribution in [0.4, 0.5) is 0 Å². The second kappa shape index (κ2) is 7.33. The van der Waals surface area contributed by atoms with Gasteiger partial charge >= 0.3 is 7.12 Å². The van der Waals surface area contributed by atoms with Gasteiger partial charge in [-0.25, -0.2) is 4.98 Å². The molecule has 3 aromatic carbocycles. The van der Waals surface area contributed by atoms with Gasteiger partial charge < -0.3 is 9.31 Å². The van der Waals surface area contributed by atoms with Crippen molar-refractivity contribution < 1.29 is 9.31 Å². The number of nitrogens with zero attached hydrogens (tertiary/aromatic N) is 1. The summed E-state index contributed by atoms with van der Waals surface area (Å²) in [6.07, 6.45) is 0. The maximum absolute atomic E-state index is 6.21. The molecule has 5 rings (SSSR count). The Kier molecular flexibility index (Phi) is 4.73. The molecule has 0 unspecified atom stereocenters. The van der Waals surface area contributed by atoms with Gasteiger partial charge in [0.1, 0.15) is 0 Å². The van der Waals surface area contributed by atoms with Gasteiger partial charge in [-0.3, -0.25) is 0 Å². The molecule has 1 aliphatic heterocycles. The summed E-state index contributed by atoms with van der Waals surface area (Å²) < 4.78 is 12.4. The van der Waals surface area contributed by atoms with Crippen molar-refractivity contribution in [3.8, 4) is 22.4 Å². The molecule has 4 aromatic rings. The highest BCUT2D eigenvalue weighted by Gasteiger charge is 2.51. The van der Waals surface area contributed by atoms with Crippen molar-refractivity contribution in [3.05, 3.63) is 84.9 Å². The minimum atomic E-state index is -0.354. The van der Waals surface area contributed by atoms with Crippen LogP contribution in [-0.2, 0) is 9.31 Å². The third-order valence-corrected chi connectivity index (χ3v) is 6.53. The molecule has 0 amide bonds. The van der Waals surface area contributed by atoms with Gasteiger partial charge in [0, 0.05) is 10.9 Å². The standard InChI is InChI=1S/C27H26BNO2/c1-26(2)27(3,4)31-28(30-26)21-16-14-19(15-17-21)23-18-25(20-10-6-5-7-11-20)29-24-13-9-8-12-22(23)24/h5-18H,1-4H3. The van der Waals surface area contributed by atoms with Gasteiger partial charge in [-0.2, -0.15) is 0 Å². The summed E-state index contributed by atoms with van der Waals surface area (Å²) in [5, 5.41) is 1.14. The second-order valence-corrected chi connectivity index (χ2v) is 9.15. The molecule has 1 saturated heterocycles. The average Bonchev–Trinajstić information content (AvgIpc) is 3.00. The molecule has 31 heavy (non-hydrogen) atoms. The van der Waals surface area contributed by atoms with E-state index in [1.165, 1.54) is 5.56 Å². The zero-order valence-corrected chi connectivity index (χ0v) is 18.4. The monoisotopic (exact) mass is 407 g/mol. The molecule has 0 radical (unpaired) electrons. The lowest BCUT2D eigenvalue weighted by molar-refractivity contribution is 0.00578. The van der Waals surface area contributed by atoms with Crippen LogP contribution in [0.1, 0.15) is 27.7 Å². The average molecular weight is 407 g/mol. The number of rotatable bonds is 3. The molecule has 4 heteroatoms. The van der Waals surface area contributed by atoms with E-state index >= 15 is 0 Å². The quantitative estimate of drug-likeness (QED) is 0.398. The fourth-order valence-electron chi connectivity index (χ4n) is 3.97. The number of fused-ring (bicyclic) bond motifs is 1. The van der Waals surface area contributed by atoms with Gasteiger partial charge in [0.2, 0.25) is 0 Å². The fraction of sp³-hybridized carbons (Fsp3) is 0.222. The molecule has 0 atom stereocenters. The van der Waals surface area contributed by atoms with Gasteiger partial charge in [-0.1, -0.05) is 72.8 Å². The third-order valence-electron chi connectivity index (χ3n) is 6.53. The van der Waals surface area contributed by atoms with E-state index in [1.807, 2.05) is 24.3 Å². The van der Waals surface area contributed by atoms with Crippen LogP contribution in [-0.4, -0.2) is 23.3 Å². The van der Waals surface area contributed by atoms with E-state index in [9.17, 15) is 0 Å². The maximum Gasteiger partial charge on any atom is 0.494 e. The van der Waals surface area contributed by atoms with Crippen LogP contribution in [0.3, 0.4) is 0 Å². The lowest BCUT2D eigenvalue weighted by Crippen LogP contribution is -2.41. The van der Waals surface area contributed by atoms with Gasteiger partial charge in [-0.15, -0.1) is 0 Å². The van der Waals surface area contributed by atoms with E-state index in [0.717, 1.165) is 33.2 Å². The summed E-state index contributed by atoms with van der Waals surface area (Å²) in [5.41, 5.74) is 5.75. The Morgan fingerprint density at radius 1 is 0.677 bits per heavy atom. The molecule has 154 valence electrons. The minimum absolute atomic E-state index is 0.345. The Morgan fingerprint density at radius 3 is 1.97 bits per heavy atom. The number of pyridine rings is 1. The predicted octanol–water partition coefficient (Wildman–Crippen LogP) is 5.87. The molecular formula is C27H26BNO2. The molecule has 0 saturated carbocycles. The molecule has 1 fully saturated rings. The zero-order valence-electron chi connectivity index (χ0n) is 18.4. The molecule has 1 aromatic heterocycles. The first-order valence-corrected chi connectivity index (χ1v) is 10.8. The maximum atomic E-state index is 6.21. The molecule has 0 N–H and O–H groups in total. The Labute approximate surface area is 184 Å². The van der Waals surface area contributed by atoms with Gasteiger partial charge in [0.25, 0.3) is 0 Å². The van der Waals surface area contributed by atoms with Gasteiger partial charge in [-0.05, 0) is 56.4 Å². The Morgan fingerprint density at radius 2 is 1.29 bits per heavy atom. The van der Waals surface area contributed by atoms with Crippen LogP contribution in [0.5, 0.6) is 0 Å². The summed E-state index contributed by atoms with van der Waals surface area (Å²) in [4.78, 5) is 4.90. The van der Waals surface area contributed by atoms with Crippen molar-refractivity contribution in [2.24, 2.45) is 0 Å². The molecule has 1 aliphatic rings. The van der Waals surface area contributed by atoms with E-state index in [0.29, 0.717) is 0 Å². The summed E-state index contributed by atoms with van der Waals surface area (Å²) in [6, 6.07) is 29.3. The predicted molar refractivity (Wildman–Crippen MR) is 128 cm³/mol. The second-order valence-electron chi connectivity index (χ2n) is 9.15. The van der Waals surface area contributed by atoms with Gasteiger partial charge in [0.05, 0.1) is 22.4 Å². The van der Waals surface area contributed by atoms with E-state index in [-0.39, 0.29) is 18.3 Å². The van der Waals surface area contributed by atoms with Crippen molar-refractivity contribution in [3.63, 3.8) is 0 Å². The largest absolute Gasteiger partial charge is 0.494 e. The molecule has 0 spiro atoms. The van der Waals surface area contributed by atoms with Gasteiger partial charge in [0.15, 0.2) is 0 Å². The minimum Gasteiger partial charge on any atom is -0.399 e. The SMILES string of the molecule is CC1(C)OB(c2ccc(-c3cc(-c4ccccc4)nc4ccccc34)cc2)OC1(C)C. The summed E-state index contributed by atoms with van der Waals surface area (Å²) >= 11 is 0. The van der Waals surface area contributed by atoms with Crippen molar-refractivity contribution in [1.82, 2.24) is 4.98 Å². The fourth-order valence-corrected chi connectivity index (χ4v) is 3.97. The first-order valence-electron chi connectivity index (χ1n) is 10.8. The number of aromatic nitrogens is 1. The van der Waals surface area contributed by atoms with E-state index < -0.39 is 0 Å². The molecule has 0 aliphatic carbocycles. The first kappa shape index (κ1) is 20.0. The number of hydrogen-bond donors (Lipinski definition) is 0. The van der Waals surface area contributed by atoms with Crippen LogP contribution in [0, 0.1) is 0 Å². The van der Waals surface area contributed by atoms with Crippen molar-refractivity contribution >= 4 is 23.5 Å². The van der Waals surface area contributed by atoms with Crippen LogP contribution in [0.25, 0.3) is 33.3 Å². The van der Waals surface area contributed by atoms with Crippen molar-refractivity contribution in [1.29, 1.82) is 0 Å². The number of para-hydroxylation sites is 1. The normalized spacial score (nSPS) is 17.2. The van der Waals surface area contributed by atoms with E-state index in [4.69, 9.17) is 14.3 Å². The first-order chi connectivity index (χ1) is 14.8.